The van der Waals surface area contributed by atoms with Crippen molar-refractivity contribution in [3.8, 4) is 0 Å². The van der Waals surface area contributed by atoms with Crippen molar-refractivity contribution in [3.05, 3.63) is 54.1 Å². The Labute approximate surface area is 171 Å². The van der Waals surface area contributed by atoms with Crippen LogP contribution in [0.3, 0.4) is 0 Å². The van der Waals surface area contributed by atoms with Crippen molar-refractivity contribution in [2.24, 2.45) is 5.92 Å². The van der Waals surface area contributed by atoms with Gasteiger partial charge in [-0.2, -0.15) is 0 Å². The Kier molecular flexibility index (Phi) is 6.81. The van der Waals surface area contributed by atoms with Crippen LogP contribution >= 0.6 is 0 Å². The van der Waals surface area contributed by atoms with E-state index in [0.717, 1.165) is 16.6 Å². The summed E-state index contributed by atoms with van der Waals surface area (Å²) in [6.07, 6.45) is 4.92. The number of carbonyl (C=O) groups excluding carboxylic acids is 2. The molecule has 0 radical (unpaired) electrons. The zero-order valence-electron chi connectivity index (χ0n) is 16.0. The molecule has 10 heteroatoms. The number of carboxylic acid groups (broad SMARTS) is 1. The molecule has 1 aromatic carbocycles. The zero-order valence-corrected chi connectivity index (χ0v) is 16.0. The number of aliphatic hydroxyl groups is 1. The van der Waals surface area contributed by atoms with Crippen molar-refractivity contribution in [1.29, 1.82) is 0 Å². The molecule has 3 atom stereocenters. The second-order valence-corrected chi connectivity index (χ2v) is 6.99. The summed E-state index contributed by atoms with van der Waals surface area (Å²) in [5.74, 6) is -0.696. The summed E-state index contributed by atoms with van der Waals surface area (Å²) in [5.41, 5.74) is 3.27. The van der Waals surface area contributed by atoms with Crippen LogP contribution in [0.2, 0.25) is 0 Å². The predicted octanol–water partition coefficient (Wildman–Crippen LogP) is 0.777. The lowest BCUT2D eigenvalue weighted by Crippen LogP contribution is -2.40. The van der Waals surface area contributed by atoms with E-state index >= 15 is 0 Å². The molecule has 2 aromatic heterocycles. The van der Waals surface area contributed by atoms with Crippen LogP contribution in [0, 0.1) is 5.92 Å². The average molecular weight is 413 g/mol. The van der Waals surface area contributed by atoms with E-state index in [4.69, 9.17) is 9.90 Å². The van der Waals surface area contributed by atoms with Crippen molar-refractivity contribution >= 4 is 29.3 Å². The first-order chi connectivity index (χ1) is 14.5. The van der Waals surface area contributed by atoms with Crippen LogP contribution in [0.15, 0.2) is 43.0 Å². The molecule has 0 unspecified atom stereocenters. The number of rotatable bonds is 5. The van der Waals surface area contributed by atoms with Gasteiger partial charge in [0.25, 0.3) is 12.4 Å². The molecule has 0 spiro atoms. The number of aromatic amines is 2. The van der Waals surface area contributed by atoms with E-state index in [1.165, 1.54) is 0 Å². The molecule has 0 bridgehead atoms. The van der Waals surface area contributed by atoms with Crippen molar-refractivity contribution in [1.82, 2.24) is 25.6 Å². The number of nitrogens with one attached hydrogen (secondary N) is 4. The molecule has 0 aliphatic heterocycles. The van der Waals surface area contributed by atoms with E-state index in [1.807, 2.05) is 18.2 Å². The third kappa shape index (κ3) is 5.03. The highest BCUT2D eigenvalue weighted by Gasteiger charge is 2.37. The van der Waals surface area contributed by atoms with Gasteiger partial charge in [0.15, 0.2) is 0 Å². The van der Waals surface area contributed by atoms with E-state index in [-0.39, 0.29) is 24.2 Å². The maximum absolute atomic E-state index is 12.5. The number of hydrogen-bond donors (Lipinski definition) is 6. The molecule has 1 aliphatic carbocycles. The number of amides is 2. The Hall–Kier alpha value is -3.66. The fourth-order valence-electron chi connectivity index (χ4n) is 3.53. The van der Waals surface area contributed by atoms with E-state index in [9.17, 15) is 14.7 Å². The van der Waals surface area contributed by atoms with Crippen LogP contribution in [-0.2, 0) is 16.1 Å². The van der Waals surface area contributed by atoms with Crippen LogP contribution in [0.25, 0.3) is 11.0 Å². The molecule has 10 nitrogen and oxygen atoms in total. The summed E-state index contributed by atoms with van der Waals surface area (Å²) >= 11 is 0. The minimum atomic E-state index is -0.731. The van der Waals surface area contributed by atoms with Crippen LogP contribution < -0.4 is 10.6 Å². The Morgan fingerprint density at radius 2 is 2.07 bits per heavy atom. The fraction of sp³-hybridized carbons (Fsp3) is 0.300. The molecular formula is C20H23N5O5. The largest absolute Gasteiger partial charge is 0.483 e. The Balaban J connectivity index is 0.000000806. The summed E-state index contributed by atoms with van der Waals surface area (Å²) in [7, 11) is 0. The number of aromatic nitrogens is 3. The van der Waals surface area contributed by atoms with Gasteiger partial charge in [0.1, 0.15) is 0 Å². The Bertz CT molecular complexity index is 1000. The normalized spacial score (nSPS) is 20.2. The predicted molar refractivity (Wildman–Crippen MR) is 107 cm³/mol. The molecule has 30 heavy (non-hydrogen) atoms. The van der Waals surface area contributed by atoms with E-state index in [2.05, 4.69) is 25.6 Å². The van der Waals surface area contributed by atoms with Crippen LogP contribution in [0.4, 0.5) is 0 Å². The summed E-state index contributed by atoms with van der Waals surface area (Å²) in [6.45, 7) is 0.154. The number of imidazole rings is 1. The zero-order chi connectivity index (χ0) is 21.5. The van der Waals surface area contributed by atoms with Crippen molar-refractivity contribution < 1.29 is 24.6 Å². The van der Waals surface area contributed by atoms with Crippen molar-refractivity contribution in [3.63, 3.8) is 0 Å². The number of benzene rings is 1. The molecule has 2 heterocycles. The molecule has 1 fully saturated rings. The molecule has 1 aliphatic rings. The van der Waals surface area contributed by atoms with Crippen molar-refractivity contribution in [2.45, 2.75) is 31.5 Å². The molecule has 1 saturated carbocycles. The lowest BCUT2D eigenvalue weighted by Gasteiger charge is -2.15. The number of fused-ring (bicyclic) bond motifs is 1. The third-order valence-corrected chi connectivity index (χ3v) is 5.03. The first-order valence-electron chi connectivity index (χ1n) is 9.41. The number of nitrogens with zero attached hydrogens (tertiary/aromatic N) is 1. The van der Waals surface area contributed by atoms with E-state index in [1.54, 1.807) is 24.8 Å². The van der Waals surface area contributed by atoms with E-state index in [0.29, 0.717) is 24.9 Å². The van der Waals surface area contributed by atoms with E-state index < -0.39 is 12.1 Å². The first kappa shape index (κ1) is 21.1. The monoisotopic (exact) mass is 413 g/mol. The van der Waals surface area contributed by atoms with Gasteiger partial charge in [-0.25, -0.2) is 4.98 Å². The molecule has 2 amide bonds. The topological polar surface area (TPSA) is 160 Å². The van der Waals surface area contributed by atoms with Crippen LogP contribution in [0.5, 0.6) is 0 Å². The first-order valence-corrected chi connectivity index (χ1v) is 9.41. The lowest BCUT2D eigenvalue weighted by molar-refractivity contribution is -0.125. The minimum Gasteiger partial charge on any atom is -0.483 e. The van der Waals surface area contributed by atoms with Gasteiger partial charge < -0.3 is 30.8 Å². The second kappa shape index (κ2) is 9.70. The highest BCUT2D eigenvalue weighted by Crippen LogP contribution is 2.27. The lowest BCUT2D eigenvalue weighted by atomic mass is 10.1. The Morgan fingerprint density at radius 3 is 2.80 bits per heavy atom. The van der Waals surface area contributed by atoms with Gasteiger partial charge >= 0.3 is 0 Å². The molecule has 4 rings (SSSR count). The molecule has 6 N–H and O–H groups in total. The summed E-state index contributed by atoms with van der Waals surface area (Å²) < 4.78 is 0. The summed E-state index contributed by atoms with van der Waals surface area (Å²) in [5, 5.41) is 22.8. The maximum Gasteiger partial charge on any atom is 0.290 e. The van der Waals surface area contributed by atoms with Gasteiger partial charge in [-0.1, -0.05) is 6.07 Å². The van der Waals surface area contributed by atoms with Crippen molar-refractivity contribution in [2.75, 3.05) is 0 Å². The highest BCUT2D eigenvalue weighted by atomic mass is 16.3. The highest BCUT2D eigenvalue weighted by molar-refractivity contribution is 5.94. The van der Waals surface area contributed by atoms with Gasteiger partial charge in [-0.05, 0) is 36.6 Å². The van der Waals surface area contributed by atoms with Crippen LogP contribution in [-0.4, -0.2) is 55.6 Å². The fourth-order valence-corrected chi connectivity index (χ4v) is 3.53. The number of aliphatic hydroxyl groups excluding tert-OH is 1. The van der Waals surface area contributed by atoms with Gasteiger partial charge in [0.2, 0.25) is 5.91 Å². The maximum atomic E-state index is 12.5. The average Bonchev–Trinajstić information content (AvgIpc) is 3.48. The Morgan fingerprint density at radius 1 is 1.27 bits per heavy atom. The summed E-state index contributed by atoms with van der Waals surface area (Å²) in [6, 6.07) is 7.01. The summed E-state index contributed by atoms with van der Waals surface area (Å²) in [4.78, 5) is 43.0. The quantitative estimate of drug-likeness (QED) is 0.339. The van der Waals surface area contributed by atoms with Crippen LogP contribution in [0.1, 0.15) is 28.8 Å². The second-order valence-electron chi connectivity index (χ2n) is 6.99. The molecule has 3 aromatic rings. The molecular weight excluding hydrogens is 390 g/mol. The minimum absolute atomic E-state index is 0.114. The SMILES string of the molecule is O=C(N[C@@H]1C[C@H](C(=O)NCc2ccc3nc[nH]c3c2)C[C@H]1O)c1cc[nH]c1.O=CO. The number of hydrogen-bond acceptors (Lipinski definition) is 5. The molecule has 158 valence electrons. The molecule has 0 saturated heterocycles. The van der Waals surface area contributed by atoms with Gasteiger partial charge in [-0.3, -0.25) is 14.4 Å². The van der Waals surface area contributed by atoms with Gasteiger partial charge in [0, 0.05) is 24.9 Å². The third-order valence-electron chi connectivity index (χ3n) is 5.03. The van der Waals surface area contributed by atoms with Gasteiger partial charge in [0.05, 0.1) is 35.1 Å². The van der Waals surface area contributed by atoms with Gasteiger partial charge in [-0.15, -0.1) is 0 Å². The number of H-pyrrole nitrogens is 2. The standard InChI is InChI=1S/C19H21N5O3.CH2O2/c25-17-7-13(6-16(17)24-19(27)12-3-4-20-9-12)18(26)21-8-11-1-2-14-15(5-11)23-10-22-14;2-1-3/h1-5,9-10,13,16-17,20,25H,6-8H2,(H,21,26)(H,22,23)(H,24,27);1H,(H,2,3)/t13-,16+,17+;/m0./s1. The smallest absolute Gasteiger partial charge is 0.290 e. The number of carbonyl (C=O) groups is 3.